The highest BCUT2D eigenvalue weighted by atomic mass is 16.5. The van der Waals surface area contributed by atoms with E-state index in [2.05, 4.69) is 42.9 Å². The van der Waals surface area contributed by atoms with Crippen molar-refractivity contribution in [3.05, 3.63) is 48.3 Å². The molecule has 0 aliphatic heterocycles. The second-order valence-electron chi connectivity index (χ2n) is 5.51. The highest BCUT2D eigenvalue weighted by Crippen LogP contribution is 2.32. The molecule has 0 atom stereocenters. The molecule has 3 aromatic heterocycles. The molecule has 0 unspecified atom stereocenters. The summed E-state index contributed by atoms with van der Waals surface area (Å²) >= 11 is 0. The number of aromatic amines is 1. The lowest BCUT2D eigenvalue weighted by Gasteiger charge is -2.08. The van der Waals surface area contributed by atoms with Gasteiger partial charge in [-0.05, 0) is 25.1 Å². The molecule has 4 rings (SSSR count). The summed E-state index contributed by atoms with van der Waals surface area (Å²) in [5.41, 5.74) is 3.33. The molecular formula is C17H17N5O. The summed E-state index contributed by atoms with van der Waals surface area (Å²) < 4.78 is 7.69. The molecule has 0 fully saturated rings. The number of nitrogens with one attached hydrogen (secondary N) is 1. The molecule has 4 aromatic rings. The van der Waals surface area contributed by atoms with E-state index in [1.165, 1.54) is 10.8 Å². The van der Waals surface area contributed by atoms with Crippen molar-refractivity contribution in [1.82, 2.24) is 24.7 Å². The van der Waals surface area contributed by atoms with E-state index in [1.807, 2.05) is 19.2 Å². The second-order valence-corrected chi connectivity index (χ2v) is 5.51. The minimum Gasteiger partial charge on any atom is -0.497 e. The van der Waals surface area contributed by atoms with Crippen LogP contribution in [0.1, 0.15) is 11.5 Å². The Labute approximate surface area is 133 Å². The average Bonchev–Trinajstić information content (AvgIpc) is 3.19. The number of hydrogen-bond donors (Lipinski definition) is 1. The first kappa shape index (κ1) is 13.8. The molecule has 23 heavy (non-hydrogen) atoms. The number of hydrogen-bond acceptors (Lipinski definition) is 4. The van der Waals surface area contributed by atoms with Gasteiger partial charge in [0, 0.05) is 36.0 Å². The summed E-state index contributed by atoms with van der Waals surface area (Å²) in [6.45, 7) is 2.85. The molecule has 0 aliphatic rings. The second kappa shape index (κ2) is 5.39. The van der Waals surface area contributed by atoms with Crippen molar-refractivity contribution in [1.29, 1.82) is 0 Å². The molecule has 1 aromatic carbocycles. The predicted octanol–water partition coefficient (Wildman–Crippen LogP) is 2.87. The molecule has 6 nitrogen and oxygen atoms in total. The minimum atomic E-state index is 0.782. The lowest BCUT2D eigenvalue weighted by molar-refractivity contribution is 0.415. The van der Waals surface area contributed by atoms with Crippen LogP contribution >= 0.6 is 0 Å². The fraction of sp³-hybridized carbons (Fsp3) is 0.235. The molecule has 0 spiro atoms. The molecule has 1 N–H and O–H groups in total. The quantitative estimate of drug-likeness (QED) is 0.629. The van der Waals surface area contributed by atoms with E-state index in [0.717, 1.165) is 41.3 Å². The maximum Gasteiger partial charge on any atom is 0.131 e. The zero-order valence-corrected chi connectivity index (χ0v) is 13.1. The third kappa shape index (κ3) is 2.23. The van der Waals surface area contributed by atoms with Gasteiger partial charge in [-0.25, -0.2) is 0 Å². The van der Waals surface area contributed by atoms with E-state index >= 15 is 0 Å². The molecule has 3 heterocycles. The van der Waals surface area contributed by atoms with Gasteiger partial charge in [0.05, 0.1) is 23.8 Å². The van der Waals surface area contributed by atoms with Gasteiger partial charge in [0.25, 0.3) is 0 Å². The van der Waals surface area contributed by atoms with Crippen molar-refractivity contribution in [3.63, 3.8) is 0 Å². The van der Waals surface area contributed by atoms with Gasteiger partial charge in [-0.1, -0.05) is 0 Å². The molecule has 0 radical (unpaired) electrons. The fourth-order valence-corrected chi connectivity index (χ4v) is 3.13. The van der Waals surface area contributed by atoms with Crippen LogP contribution in [0.2, 0.25) is 0 Å². The standard InChI is InChI=1S/C17H17N5O/c1-11-17-14(5-7-18-11)13-4-3-12(23-2)9-15(13)22(17)8-6-16-19-10-20-21-16/h3-5,7,9-10H,6,8H2,1-2H3,(H,19,20,21). The minimum absolute atomic E-state index is 0.782. The van der Waals surface area contributed by atoms with E-state index in [9.17, 15) is 0 Å². The Hall–Kier alpha value is -2.89. The largest absolute Gasteiger partial charge is 0.497 e. The van der Waals surface area contributed by atoms with Crippen LogP contribution < -0.4 is 4.74 Å². The maximum atomic E-state index is 5.40. The van der Waals surface area contributed by atoms with Crippen molar-refractivity contribution in [2.75, 3.05) is 7.11 Å². The lowest BCUT2D eigenvalue weighted by atomic mass is 10.1. The third-order valence-electron chi connectivity index (χ3n) is 4.20. The molecule has 0 amide bonds. The molecule has 0 saturated carbocycles. The highest BCUT2D eigenvalue weighted by Gasteiger charge is 2.14. The van der Waals surface area contributed by atoms with Gasteiger partial charge in [-0.15, -0.1) is 10.2 Å². The Morgan fingerprint density at radius 2 is 2.13 bits per heavy atom. The van der Waals surface area contributed by atoms with Crippen molar-refractivity contribution in [2.45, 2.75) is 19.9 Å². The molecule has 0 aliphatic carbocycles. The Kier molecular flexibility index (Phi) is 3.22. The zero-order valence-electron chi connectivity index (χ0n) is 13.1. The van der Waals surface area contributed by atoms with E-state index in [-0.39, 0.29) is 0 Å². The summed E-state index contributed by atoms with van der Waals surface area (Å²) in [6.07, 6.45) is 4.25. The number of aromatic nitrogens is 5. The van der Waals surface area contributed by atoms with Gasteiger partial charge in [-0.3, -0.25) is 4.98 Å². The highest BCUT2D eigenvalue weighted by molar-refractivity contribution is 6.09. The average molecular weight is 307 g/mol. The van der Waals surface area contributed by atoms with E-state index in [1.54, 1.807) is 13.4 Å². The van der Waals surface area contributed by atoms with Crippen LogP contribution in [0, 0.1) is 6.92 Å². The van der Waals surface area contributed by atoms with Gasteiger partial charge >= 0.3 is 0 Å². The molecule has 0 bridgehead atoms. The SMILES string of the molecule is COc1ccc2c3ccnc(C)c3n(CCc3nnc[nH]3)c2c1. The number of ether oxygens (including phenoxy) is 1. The van der Waals surface area contributed by atoms with Crippen molar-refractivity contribution in [2.24, 2.45) is 0 Å². The van der Waals surface area contributed by atoms with E-state index in [0.29, 0.717) is 0 Å². The normalized spacial score (nSPS) is 11.4. The first-order valence-electron chi connectivity index (χ1n) is 7.54. The number of fused-ring (bicyclic) bond motifs is 3. The number of nitrogens with zero attached hydrogens (tertiary/aromatic N) is 4. The topological polar surface area (TPSA) is 68.6 Å². The Balaban J connectivity index is 1.93. The summed E-state index contributed by atoms with van der Waals surface area (Å²) in [7, 11) is 1.69. The van der Waals surface area contributed by atoms with Gasteiger partial charge in [0.15, 0.2) is 0 Å². The van der Waals surface area contributed by atoms with Gasteiger partial charge < -0.3 is 14.3 Å². The predicted molar refractivity (Wildman–Crippen MR) is 88.6 cm³/mol. The number of aryl methyl sites for hydroxylation is 3. The fourth-order valence-electron chi connectivity index (χ4n) is 3.13. The Bertz CT molecular complexity index is 972. The first-order chi connectivity index (χ1) is 11.3. The van der Waals surface area contributed by atoms with Crippen molar-refractivity contribution < 1.29 is 4.74 Å². The van der Waals surface area contributed by atoms with Crippen LogP contribution in [0.15, 0.2) is 36.8 Å². The molecule has 6 heteroatoms. The summed E-state index contributed by atoms with van der Waals surface area (Å²) in [4.78, 5) is 7.52. The number of methoxy groups -OCH3 is 1. The van der Waals surface area contributed by atoms with Crippen LogP contribution in [0.4, 0.5) is 0 Å². The van der Waals surface area contributed by atoms with Gasteiger partial charge in [0.2, 0.25) is 0 Å². The molecular weight excluding hydrogens is 290 g/mol. The smallest absolute Gasteiger partial charge is 0.131 e. The summed E-state index contributed by atoms with van der Waals surface area (Å²) in [6, 6.07) is 8.26. The third-order valence-corrected chi connectivity index (χ3v) is 4.20. The van der Waals surface area contributed by atoms with Gasteiger partial charge in [-0.2, -0.15) is 0 Å². The summed E-state index contributed by atoms with van der Waals surface area (Å²) in [5.74, 6) is 1.73. The van der Waals surface area contributed by atoms with Crippen LogP contribution in [0.25, 0.3) is 21.8 Å². The van der Waals surface area contributed by atoms with Crippen LogP contribution in [-0.2, 0) is 13.0 Å². The van der Waals surface area contributed by atoms with Gasteiger partial charge in [0.1, 0.15) is 17.9 Å². The lowest BCUT2D eigenvalue weighted by Crippen LogP contribution is -2.04. The molecule has 116 valence electrons. The van der Waals surface area contributed by atoms with Crippen molar-refractivity contribution in [3.8, 4) is 5.75 Å². The zero-order chi connectivity index (χ0) is 15.8. The van der Waals surface area contributed by atoms with Crippen molar-refractivity contribution >= 4 is 21.8 Å². The number of H-pyrrole nitrogens is 1. The van der Waals surface area contributed by atoms with Crippen LogP contribution in [0.5, 0.6) is 5.75 Å². The number of pyridine rings is 1. The first-order valence-corrected chi connectivity index (χ1v) is 7.54. The monoisotopic (exact) mass is 307 g/mol. The number of rotatable bonds is 4. The summed E-state index contributed by atoms with van der Waals surface area (Å²) in [5, 5.41) is 10.3. The van der Waals surface area contributed by atoms with E-state index < -0.39 is 0 Å². The maximum absolute atomic E-state index is 5.40. The number of benzene rings is 1. The Morgan fingerprint density at radius 3 is 2.91 bits per heavy atom. The van der Waals surface area contributed by atoms with Crippen LogP contribution in [-0.4, -0.2) is 31.8 Å². The van der Waals surface area contributed by atoms with E-state index in [4.69, 9.17) is 4.74 Å². The van der Waals surface area contributed by atoms with Crippen LogP contribution in [0.3, 0.4) is 0 Å². The Morgan fingerprint density at radius 1 is 1.22 bits per heavy atom. The molecule has 0 saturated heterocycles.